The zero-order valence-electron chi connectivity index (χ0n) is 11.3. The standard InChI is InChI=1S/C17H17N3/c1-2-4-14-9-16(6-5-13(14)3-1)20-12-19-11-17(20)15-7-8-18-10-15/h1-6,9,11-12,15,18H,7-8,10H2. The van der Waals surface area contributed by atoms with Gasteiger partial charge in [-0.05, 0) is 35.9 Å². The predicted octanol–water partition coefficient (Wildman–Crippen LogP) is 3.10. The monoisotopic (exact) mass is 263 g/mol. The van der Waals surface area contributed by atoms with Gasteiger partial charge in [-0.3, -0.25) is 0 Å². The number of imidazole rings is 1. The normalized spacial score (nSPS) is 18.7. The molecular formula is C17H17N3. The molecule has 1 aromatic heterocycles. The topological polar surface area (TPSA) is 29.9 Å². The number of nitrogens with zero attached hydrogens (tertiary/aromatic N) is 2. The Labute approximate surface area is 118 Å². The first-order valence-electron chi connectivity index (χ1n) is 7.14. The van der Waals surface area contributed by atoms with Gasteiger partial charge in [0.2, 0.25) is 0 Å². The van der Waals surface area contributed by atoms with Gasteiger partial charge in [0.1, 0.15) is 0 Å². The summed E-state index contributed by atoms with van der Waals surface area (Å²) in [5, 5.41) is 5.98. The summed E-state index contributed by atoms with van der Waals surface area (Å²) >= 11 is 0. The predicted molar refractivity (Wildman–Crippen MR) is 81.3 cm³/mol. The highest BCUT2D eigenvalue weighted by atomic mass is 15.1. The Kier molecular flexibility index (Phi) is 2.78. The molecule has 0 amide bonds. The molecule has 20 heavy (non-hydrogen) atoms. The van der Waals surface area contributed by atoms with Gasteiger partial charge in [-0.25, -0.2) is 4.98 Å². The molecular weight excluding hydrogens is 246 g/mol. The molecule has 1 aliphatic rings. The molecule has 0 saturated carbocycles. The molecule has 3 aromatic rings. The summed E-state index contributed by atoms with van der Waals surface area (Å²) in [7, 11) is 0. The van der Waals surface area contributed by atoms with Gasteiger partial charge in [-0.15, -0.1) is 0 Å². The van der Waals surface area contributed by atoms with Crippen molar-refractivity contribution in [3.05, 3.63) is 60.7 Å². The van der Waals surface area contributed by atoms with E-state index in [0.717, 1.165) is 13.1 Å². The minimum Gasteiger partial charge on any atom is -0.316 e. The number of aromatic nitrogens is 2. The van der Waals surface area contributed by atoms with Crippen LogP contribution in [-0.4, -0.2) is 22.6 Å². The lowest BCUT2D eigenvalue weighted by molar-refractivity contribution is 0.714. The molecule has 2 heterocycles. The van der Waals surface area contributed by atoms with Crippen LogP contribution in [0.3, 0.4) is 0 Å². The molecule has 0 aliphatic carbocycles. The van der Waals surface area contributed by atoms with Gasteiger partial charge >= 0.3 is 0 Å². The summed E-state index contributed by atoms with van der Waals surface area (Å²) in [6, 6.07) is 15.1. The summed E-state index contributed by atoms with van der Waals surface area (Å²) in [6.07, 6.45) is 5.13. The molecule has 1 saturated heterocycles. The molecule has 2 aromatic carbocycles. The molecule has 3 heteroatoms. The van der Waals surface area contributed by atoms with E-state index in [4.69, 9.17) is 0 Å². The van der Waals surface area contributed by atoms with E-state index in [1.54, 1.807) is 0 Å². The molecule has 100 valence electrons. The molecule has 1 N–H and O–H groups in total. The van der Waals surface area contributed by atoms with Crippen molar-refractivity contribution < 1.29 is 0 Å². The maximum Gasteiger partial charge on any atom is 0.0994 e. The van der Waals surface area contributed by atoms with Crippen molar-refractivity contribution in [3.63, 3.8) is 0 Å². The highest BCUT2D eigenvalue weighted by Gasteiger charge is 2.20. The van der Waals surface area contributed by atoms with Crippen LogP contribution in [0.1, 0.15) is 18.0 Å². The fourth-order valence-electron chi connectivity index (χ4n) is 3.06. The van der Waals surface area contributed by atoms with Gasteiger partial charge in [-0.2, -0.15) is 0 Å². The van der Waals surface area contributed by atoms with E-state index >= 15 is 0 Å². The van der Waals surface area contributed by atoms with Gasteiger partial charge in [0, 0.05) is 30.0 Å². The molecule has 3 nitrogen and oxygen atoms in total. The summed E-state index contributed by atoms with van der Waals surface area (Å²) in [5.74, 6) is 0.573. The molecule has 1 unspecified atom stereocenters. The third-order valence-electron chi connectivity index (χ3n) is 4.16. The molecule has 1 atom stereocenters. The average Bonchev–Trinajstić information content (AvgIpc) is 3.17. The molecule has 1 aliphatic heterocycles. The first-order chi connectivity index (χ1) is 9.92. The van der Waals surface area contributed by atoms with E-state index in [0.29, 0.717) is 5.92 Å². The third-order valence-corrected chi connectivity index (χ3v) is 4.16. The van der Waals surface area contributed by atoms with Gasteiger partial charge < -0.3 is 9.88 Å². The zero-order valence-corrected chi connectivity index (χ0v) is 11.3. The number of hydrogen-bond acceptors (Lipinski definition) is 2. The van der Waals surface area contributed by atoms with Crippen molar-refractivity contribution in [1.82, 2.24) is 14.9 Å². The first-order valence-corrected chi connectivity index (χ1v) is 7.14. The number of benzene rings is 2. The van der Waals surface area contributed by atoms with Crippen LogP contribution in [0, 0.1) is 0 Å². The second-order valence-corrected chi connectivity index (χ2v) is 5.41. The van der Waals surface area contributed by atoms with Crippen LogP contribution in [-0.2, 0) is 0 Å². The fourth-order valence-corrected chi connectivity index (χ4v) is 3.06. The van der Waals surface area contributed by atoms with Crippen molar-refractivity contribution in [1.29, 1.82) is 0 Å². The van der Waals surface area contributed by atoms with Gasteiger partial charge in [0.05, 0.1) is 6.33 Å². The summed E-state index contributed by atoms with van der Waals surface area (Å²) in [5.41, 5.74) is 2.51. The number of fused-ring (bicyclic) bond motifs is 1. The lowest BCUT2D eigenvalue weighted by Crippen LogP contribution is -2.10. The molecule has 0 spiro atoms. The molecule has 1 fully saturated rings. The molecule has 0 bridgehead atoms. The largest absolute Gasteiger partial charge is 0.316 e. The first kappa shape index (κ1) is 11.7. The van der Waals surface area contributed by atoms with Crippen molar-refractivity contribution in [2.75, 3.05) is 13.1 Å². The van der Waals surface area contributed by atoms with E-state index < -0.39 is 0 Å². The van der Waals surface area contributed by atoms with Crippen LogP contribution in [0.25, 0.3) is 16.5 Å². The van der Waals surface area contributed by atoms with E-state index in [-0.39, 0.29) is 0 Å². The third kappa shape index (κ3) is 1.91. The summed E-state index contributed by atoms with van der Waals surface area (Å²) in [6.45, 7) is 2.16. The lowest BCUT2D eigenvalue weighted by Gasteiger charge is -2.13. The summed E-state index contributed by atoms with van der Waals surface area (Å²) in [4.78, 5) is 4.36. The number of rotatable bonds is 2. The minimum absolute atomic E-state index is 0.573. The Morgan fingerprint density at radius 3 is 2.85 bits per heavy atom. The Morgan fingerprint density at radius 1 is 1.10 bits per heavy atom. The average molecular weight is 263 g/mol. The van der Waals surface area contributed by atoms with Crippen molar-refractivity contribution in [2.24, 2.45) is 0 Å². The van der Waals surface area contributed by atoms with Crippen molar-refractivity contribution in [3.8, 4) is 5.69 Å². The molecule has 0 radical (unpaired) electrons. The van der Waals surface area contributed by atoms with E-state index in [2.05, 4.69) is 57.3 Å². The highest BCUT2D eigenvalue weighted by molar-refractivity contribution is 5.84. The second kappa shape index (κ2) is 4.76. The van der Waals surface area contributed by atoms with Crippen molar-refractivity contribution in [2.45, 2.75) is 12.3 Å². The number of nitrogens with one attached hydrogen (secondary N) is 1. The quantitative estimate of drug-likeness (QED) is 0.770. The van der Waals surface area contributed by atoms with Crippen LogP contribution >= 0.6 is 0 Å². The SMILES string of the molecule is c1ccc2cc(-n3cncc3C3CCNC3)ccc2c1. The summed E-state index contributed by atoms with van der Waals surface area (Å²) < 4.78 is 2.23. The maximum absolute atomic E-state index is 4.36. The van der Waals surface area contributed by atoms with Gasteiger partial charge in [-0.1, -0.05) is 30.3 Å². The van der Waals surface area contributed by atoms with Crippen LogP contribution in [0.15, 0.2) is 55.0 Å². The Balaban J connectivity index is 1.80. The smallest absolute Gasteiger partial charge is 0.0994 e. The van der Waals surface area contributed by atoms with Gasteiger partial charge in [0.25, 0.3) is 0 Å². The van der Waals surface area contributed by atoms with Crippen LogP contribution in [0.2, 0.25) is 0 Å². The highest BCUT2D eigenvalue weighted by Crippen LogP contribution is 2.26. The van der Waals surface area contributed by atoms with Crippen LogP contribution < -0.4 is 5.32 Å². The minimum atomic E-state index is 0.573. The van der Waals surface area contributed by atoms with Gasteiger partial charge in [0.15, 0.2) is 0 Å². The van der Waals surface area contributed by atoms with Crippen molar-refractivity contribution >= 4 is 10.8 Å². The maximum atomic E-state index is 4.36. The van der Waals surface area contributed by atoms with Crippen LogP contribution in [0.4, 0.5) is 0 Å². The van der Waals surface area contributed by atoms with E-state index in [1.807, 2.05) is 12.5 Å². The fraction of sp³-hybridized carbons (Fsp3) is 0.235. The zero-order chi connectivity index (χ0) is 13.4. The lowest BCUT2D eigenvalue weighted by atomic mass is 10.0. The molecule has 4 rings (SSSR count). The van der Waals surface area contributed by atoms with E-state index in [1.165, 1.54) is 28.6 Å². The second-order valence-electron chi connectivity index (χ2n) is 5.41. The Morgan fingerprint density at radius 2 is 2.00 bits per heavy atom. The van der Waals surface area contributed by atoms with Crippen LogP contribution in [0.5, 0.6) is 0 Å². The van der Waals surface area contributed by atoms with E-state index in [9.17, 15) is 0 Å². The Hall–Kier alpha value is -2.13. The number of hydrogen-bond donors (Lipinski definition) is 1. The Bertz CT molecular complexity index is 739.